The second kappa shape index (κ2) is 11.9. The number of aliphatic carboxylic acids is 1. The first kappa shape index (κ1) is 29.4. The number of rotatable bonds is 7. The van der Waals surface area contributed by atoms with E-state index >= 15 is 0 Å². The number of carbonyl (C=O) groups excluding carboxylic acids is 2. The number of thiazole rings is 1. The Kier molecular flexibility index (Phi) is 8.74. The van der Waals surface area contributed by atoms with Crippen molar-refractivity contribution in [3.63, 3.8) is 0 Å². The van der Waals surface area contributed by atoms with Gasteiger partial charge in [0.25, 0.3) is 11.8 Å². The molecule has 5 rings (SSSR count). The van der Waals surface area contributed by atoms with E-state index in [0.29, 0.717) is 6.54 Å². The first-order valence-electron chi connectivity index (χ1n) is 11.6. The molecule has 5 N–H and O–H groups in total. The van der Waals surface area contributed by atoms with Crippen molar-refractivity contribution in [2.75, 3.05) is 12.8 Å². The third kappa shape index (κ3) is 6.58. The van der Waals surface area contributed by atoms with Gasteiger partial charge in [-0.25, -0.2) is 22.8 Å². The molecule has 3 aliphatic rings. The quantitative estimate of drug-likeness (QED) is 0.0759. The number of amides is 2. The van der Waals surface area contributed by atoms with Crippen LogP contribution >= 0.6 is 23.1 Å². The van der Waals surface area contributed by atoms with Gasteiger partial charge in [-0.2, -0.15) is 0 Å². The molecule has 1 saturated heterocycles. The number of β-lactam (4-membered cyclic amide) rings is 1. The minimum absolute atomic E-state index is 0.0690. The summed E-state index contributed by atoms with van der Waals surface area (Å²) >= 11 is 2.59. The zero-order valence-electron chi connectivity index (χ0n) is 20.8. The summed E-state index contributed by atoms with van der Waals surface area (Å²) in [7, 11) is -3.62. The predicted molar refractivity (Wildman–Crippen MR) is 141 cm³/mol. The van der Waals surface area contributed by atoms with E-state index < -0.39 is 39.6 Å². The van der Waals surface area contributed by atoms with Crippen LogP contribution in [0.15, 0.2) is 40.6 Å². The van der Waals surface area contributed by atoms with Gasteiger partial charge in [-0.05, 0) is 25.0 Å². The lowest BCUT2D eigenvalue weighted by atomic mass is 10.0. The fourth-order valence-corrected chi connectivity index (χ4v) is 6.66. The molecule has 0 bridgehead atoms. The van der Waals surface area contributed by atoms with Crippen molar-refractivity contribution in [2.45, 2.75) is 42.5 Å². The zero-order valence-corrected chi connectivity index (χ0v) is 23.2. The van der Waals surface area contributed by atoms with E-state index in [4.69, 9.17) is 28.1 Å². The van der Waals surface area contributed by atoms with E-state index in [9.17, 15) is 19.5 Å². The number of anilines is 1. The van der Waals surface area contributed by atoms with Crippen molar-refractivity contribution >= 4 is 62.1 Å². The molecule has 214 valence electrons. The van der Waals surface area contributed by atoms with Crippen molar-refractivity contribution in [2.24, 2.45) is 5.16 Å². The van der Waals surface area contributed by atoms with Gasteiger partial charge in [0.2, 0.25) is 10.4 Å². The van der Waals surface area contributed by atoms with Crippen LogP contribution in [0.2, 0.25) is 0 Å². The molecule has 2 aromatic rings. The molecular formula is C22H24N6O9S3. The topological polar surface area (TPSA) is 229 Å². The van der Waals surface area contributed by atoms with Gasteiger partial charge >= 0.3 is 5.97 Å². The number of oxime groups is 1. The van der Waals surface area contributed by atoms with Crippen molar-refractivity contribution in [1.82, 2.24) is 15.2 Å². The Morgan fingerprint density at radius 1 is 1.40 bits per heavy atom. The first-order valence-corrected chi connectivity index (χ1v) is 14.8. The molecule has 0 spiro atoms. The lowest BCUT2D eigenvalue weighted by Crippen LogP contribution is -2.71. The number of carboxylic acid groups (broad SMARTS) is 1. The van der Waals surface area contributed by atoms with Gasteiger partial charge in [0.15, 0.2) is 29.3 Å². The third-order valence-electron chi connectivity index (χ3n) is 6.15. The summed E-state index contributed by atoms with van der Waals surface area (Å²) in [6, 6.07) is 3.21. The molecule has 2 aromatic heterocycles. The maximum absolute atomic E-state index is 13.0. The molecule has 3 atom stereocenters. The highest BCUT2D eigenvalue weighted by Gasteiger charge is 2.55. The van der Waals surface area contributed by atoms with E-state index in [2.05, 4.69) is 26.1 Å². The number of nitrogens with two attached hydrogens (primary N) is 1. The summed E-state index contributed by atoms with van der Waals surface area (Å²) in [5.74, 6) is -2.33. The van der Waals surface area contributed by atoms with E-state index in [1.807, 2.05) is 12.3 Å². The van der Waals surface area contributed by atoms with Crippen molar-refractivity contribution in [3.8, 4) is 0 Å². The number of fused-ring (bicyclic) bond motifs is 2. The highest BCUT2D eigenvalue weighted by molar-refractivity contribution is 8.00. The van der Waals surface area contributed by atoms with Crippen molar-refractivity contribution in [1.29, 1.82) is 0 Å². The van der Waals surface area contributed by atoms with Crippen molar-refractivity contribution in [3.05, 3.63) is 52.4 Å². The Balaban J connectivity index is 0.000000681. The second-order valence-electron chi connectivity index (χ2n) is 8.69. The highest BCUT2D eigenvalue weighted by atomic mass is 32.3. The molecule has 18 heteroatoms. The number of nitrogen functional groups attached to an aromatic ring is 1. The van der Waals surface area contributed by atoms with Crippen molar-refractivity contribution < 1.29 is 46.4 Å². The molecule has 40 heavy (non-hydrogen) atoms. The molecule has 2 amide bonds. The number of nitrogens with zero attached hydrogens (tertiary/aromatic N) is 4. The molecule has 0 saturated carbocycles. The molecule has 2 aliphatic heterocycles. The van der Waals surface area contributed by atoms with Crippen LogP contribution in [0.3, 0.4) is 0 Å². The number of hydrogen-bond acceptors (Lipinski definition) is 12. The van der Waals surface area contributed by atoms with Crippen LogP contribution in [0.1, 0.15) is 23.4 Å². The van der Waals surface area contributed by atoms with Gasteiger partial charge in [-0.3, -0.25) is 19.0 Å². The number of aryl methyl sites for hydroxylation is 1. The summed E-state index contributed by atoms with van der Waals surface area (Å²) in [4.78, 5) is 47.9. The smallest absolute Gasteiger partial charge is 0.352 e. The van der Waals surface area contributed by atoms with Crippen LogP contribution in [-0.4, -0.2) is 79.8 Å². The predicted octanol–water partition coefficient (Wildman–Crippen LogP) is -0.706. The van der Waals surface area contributed by atoms with E-state index in [1.165, 1.54) is 35.0 Å². The Bertz CT molecular complexity index is 1500. The fourth-order valence-electron chi connectivity index (χ4n) is 4.62. The van der Waals surface area contributed by atoms with Crippen LogP contribution in [0.4, 0.5) is 5.13 Å². The summed E-state index contributed by atoms with van der Waals surface area (Å²) in [5.41, 5.74) is 8.29. The first-order chi connectivity index (χ1) is 18.9. The largest absolute Gasteiger partial charge is 0.726 e. The molecule has 0 radical (unpaired) electrons. The molecule has 1 fully saturated rings. The lowest BCUT2D eigenvalue weighted by Gasteiger charge is -2.49. The van der Waals surface area contributed by atoms with Crippen LogP contribution < -0.4 is 15.6 Å². The Morgan fingerprint density at radius 3 is 2.75 bits per heavy atom. The van der Waals surface area contributed by atoms with Gasteiger partial charge in [-0.15, -0.1) is 23.1 Å². The lowest BCUT2D eigenvalue weighted by molar-refractivity contribution is -0.702. The molecule has 0 aromatic carbocycles. The normalized spacial score (nSPS) is 21.7. The minimum Gasteiger partial charge on any atom is -0.726 e. The Morgan fingerprint density at radius 2 is 2.12 bits per heavy atom. The number of carboxylic acids is 1. The number of carbonyl (C=O) groups is 3. The summed E-state index contributed by atoms with van der Waals surface area (Å²) in [6.07, 6.45) is 6.75. The monoisotopic (exact) mass is 612 g/mol. The molecule has 15 nitrogen and oxygen atoms in total. The number of thioether (sulfide) groups is 1. The average molecular weight is 613 g/mol. The maximum Gasteiger partial charge on any atom is 0.352 e. The zero-order chi connectivity index (χ0) is 29.2. The molecule has 1 unspecified atom stereocenters. The van der Waals surface area contributed by atoms with Gasteiger partial charge in [0.05, 0.1) is 5.25 Å². The number of hydrogen-bond donors (Lipinski definition) is 4. The molecular weight excluding hydrogens is 588 g/mol. The van der Waals surface area contributed by atoms with Gasteiger partial charge in [0, 0.05) is 23.4 Å². The third-order valence-corrected chi connectivity index (χ3v) is 8.22. The fraction of sp³-hybridized carbons (Fsp3) is 0.364. The SMILES string of the molecule is CO/N=C(\C(=O)N[C@@H]1C(=O)N2C(C(=O)O)=CC(C[n+]3cccc4c3CCC4)S[C@H]12)c1csc(N)n1.O=S(=O)([O-])O. The van der Waals surface area contributed by atoms with E-state index in [-0.39, 0.29) is 27.5 Å². The highest BCUT2D eigenvalue weighted by Crippen LogP contribution is 2.41. The summed E-state index contributed by atoms with van der Waals surface area (Å²) in [6.45, 7) is 0.568. The maximum atomic E-state index is 13.0. The number of nitrogens with one attached hydrogen (secondary N) is 1. The van der Waals surface area contributed by atoms with Crippen LogP contribution in [0, 0.1) is 0 Å². The van der Waals surface area contributed by atoms with Crippen LogP contribution in [0.25, 0.3) is 0 Å². The summed E-state index contributed by atoms with van der Waals surface area (Å²) in [5, 5.41) is 17.3. The van der Waals surface area contributed by atoms with Gasteiger partial charge in [-0.1, -0.05) is 5.16 Å². The summed E-state index contributed by atoms with van der Waals surface area (Å²) < 4.78 is 35.0. The Hall–Kier alpha value is -3.58. The minimum atomic E-state index is -4.92. The van der Waals surface area contributed by atoms with E-state index in [1.54, 1.807) is 11.5 Å². The standard InChI is InChI=1S/C22H22N6O5S2.H2O4S/c1-33-26-16(13-10-34-22(23)24-13)18(29)25-17-19(30)28-15(21(31)32)8-12(35-20(17)28)9-27-7-3-5-11-4-2-6-14(11)27;1-5(2,3)4/h3,5,7-8,10,12,17,20H,2,4,6,9H2,1H3,(H3-,23,24,25,29,31,32);(H2,1,2,3,4)/b26-16-;/t12?,17-,20-;/m1./s1. The average Bonchev–Trinajstić information content (AvgIpc) is 3.53. The number of aromatic nitrogens is 2. The number of pyridine rings is 1. The van der Waals surface area contributed by atoms with Gasteiger partial charge in [0.1, 0.15) is 29.9 Å². The molecule has 4 heterocycles. The van der Waals surface area contributed by atoms with Crippen LogP contribution in [-0.2, 0) is 49.0 Å². The van der Waals surface area contributed by atoms with E-state index in [0.717, 1.165) is 30.6 Å². The van der Waals surface area contributed by atoms with Gasteiger partial charge < -0.3 is 25.5 Å². The molecule has 1 aliphatic carbocycles. The second-order valence-corrected chi connectivity index (χ2v) is 11.8. The Labute approximate surface area is 236 Å². The van der Waals surface area contributed by atoms with Crippen LogP contribution in [0.5, 0.6) is 0 Å².